The van der Waals surface area contributed by atoms with Crippen molar-refractivity contribution in [1.82, 2.24) is 0 Å². The molecule has 0 saturated heterocycles. The molecule has 1 aromatic carbocycles. The first-order chi connectivity index (χ1) is 28.2. The van der Waals surface area contributed by atoms with Gasteiger partial charge < -0.3 is 0 Å². The first-order valence-corrected chi connectivity index (χ1v) is 32.9. The summed E-state index contributed by atoms with van der Waals surface area (Å²) in [6.07, 6.45) is 56.1. The molecule has 0 aliphatic heterocycles. The van der Waals surface area contributed by atoms with Crippen molar-refractivity contribution in [2.24, 2.45) is 0 Å². The van der Waals surface area contributed by atoms with E-state index >= 15 is 0 Å². The molecule has 6 nitrogen and oxygen atoms in total. The van der Waals surface area contributed by atoms with Crippen molar-refractivity contribution in [3.63, 3.8) is 0 Å². The van der Waals surface area contributed by atoms with Crippen molar-refractivity contribution in [3.05, 3.63) is 91.1 Å². The van der Waals surface area contributed by atoms with Gasteiger partial charge in [-0.2, -0.15) is 0 Å². The topological polar surface area (TPSA) is 55.4 Å². The summed E-state index contributed by atoms with van der Waals surface area (Å²) >= 11 is -9.19. The van der Waals surface area contributed by atoms with Crippen LogP contribution < -0.4 is 10.5 Å². The van der Waals surface area contributed by atoms with E-state index in [0.717, 1.165) is 77.0 Å². The Hall–Kier alpha value is -0.125. The molecule has 0 heterocycles. The van der Waals surface area contributed by atoms with Crippen molar-refractivity contribution < 1.29 is 18.1 Å². The Bertz CT molecular complexity index is 1250. The Morgan fingerprint density at radius 3 is 0.667 bits per heavy atom. The van der Waals surface area contributed by atoms with Gasteiger partial charge in [0, 0.05) is 0 Å². The van der Waals surface area contributed by atoms with Crippen LogP contribution in [-0.4, -0.2) is 99.8 Å². The molecule has 0 fully saturated rings. The second kappa shape index (κ2) is 25.7. The van der Waals surface area contributed by atoms with Crippen LogP contribution in [0.2, 0.25) is 0 Å². The molecule has 312 valence electrons. The molecule has 0 bridgehead atoms. The summed E-state index contributed by atoms with van der Waals surface area (Å²) in [5.74, 6) is 0. The maximum atomic E-state index is 7.31. The molecule has 9 heteroatoms. The quantitative estimate of drug-likeness (QED) is 0.129. The predicted molar refractivity (Wildman–Crippen MR) is 237 cm³/mol. The SMILES string of the molecule is C1=CC([O][Sb]([O]C2C=CCCCC2)[c]2c[c]([Sb]([O]C3C=CCCCC3)[O]C3C=CCCCC3)c[c]([Sb]([O]C3C=CCCCC3)[O]C3C=CCCCC3)c2)CCCC1. The summed E-state index contributed by atoms with van der Waals surface area (Å²) in [5, 5.41) is 0. The van der Waals surface area contributed by atoms with Crippen LogP contribution in [0.3, 0.4) is 0 Å². The standard InChI is InChI=1S/6C7H11O.C6H3.3Sb/c6*8-7-5-3-1-2-4-6-7;1-2-4-6-5-3-1;;;/h6*3,5,7H,1-2,4,6H2;1,4-5H;;;/q6*-1;;3*+2. The van der Waals surface area contributed by atoms with Gasteiger partial charge in [0.05, 0.1) is 0 Å². The molecule has 6 aliphatic rings. The first kappa shape index (κ1) is 44.9. The van der Waals surface area contributed by atoms with E-state index in [9.17, 15) is 0 Å². The average Bonchev–Trinajstić information content (AvgIpc) is 3.94. The molecule has 6 unspecified atom stereocenters. The number of hydrogen-bond acceptors (Lipinski definition) is 6. The van der Waals surface area contributed by atoms with E-state index in [0.29, 0.717) is 0 Å². The van der Waals surface area contributed by atoms with Crippen molar-refractivity contribution in [1.29, 1.82) is 0 Å². The molecule has 0 amide bonds. The van der Waals surface area contributed by atoms with E-state index in [1.54, 1.807) is 0 Å². The van der Waals surface area contributed by atoms with Crippen LogP contribution in [0.4, 0.5) is 0 Å². The van der Waals surface area contributed by atoms with Gasteiger partial charge in [-0.15, -0.1) is 0 Å². The van der Waals surface area contributed by atoms with Crippen LogP contribution >= 0.6 is 0 Å². The molecule has 57 heavy (non-hydrogen) atoms. The van der Waals surface area contributed by atoms with Crippen LogP contribution in [0.1, 0.15) is 154 Å². The van der Waals surface area contributed by atoms with E-state index < -0.39 is 63.2 Å². The van der Waals surface area contributed by atoms with E-state index in [1.165, 1.54) is 87.6 Å². The second-order valence-corrected chi connectivity index (χ2v) is 29.1. The maximum absolute atomic E-state index is 7.31. The van der Waals surface area contributed by atoms with E-state index in [2.05, 4.69) is 91.1 Å². The summed E-state index contributed by atoms with van der Waals surface area (Å²) in [6, 6.07) is 7.31. The Balaban J connectivity index is 1.31. The fraction of sp³-hybridized carbons (Fsp3) is 0.625. The van der Waals surface area contributed by atoms with Crippen LogP contribution in [-0.2, 0) is 18.1 Å². The molecule has 6 atom stereocenters. The third-order valence-electron chi connectivity index (χ3n) is 11.7. The molecule has 0 saturated carbocycles. The van der Waals surface area contributed by atoms with E-state index in [4.69, 9.17) is 18.1 Å². The number of allylic oxidation sites excluding steroid dienone is 6. The Morgan fingerprint density at radius 1 is 0.281 bits per heavy atom. The summed E-state index contributed by atoms with van der Waals surface area (Å²) in [4.78, 5) is 0. The van der Waals surface area contributed by atoms with Gasteiger partial charge in [0.1, 0.15) is 0 Å². The molecule has 0 N–H and O–H groups in total. The predicted octanol–water partition coefficient (Wildman–Crippen LogP) is 9.86. The monoisotopic (exact) mass is 1100 g/mol. The Kier molecular flexibility index (Phi) is 20.3. The second-order valence-electron chi connectivity index (χ2n) is 16.6. The van der Waals surface area contributed by atoms with Crippen molar-refractivity contribution in [2.75, 3.05) is 0 Å². The van der Waals surface area contributed by atoms with Gasteiger partial charge in [0.15, 0.2) is 0 Å². The average molecular weight is 1110 g/mol. The molecule has 6 aliphatic carbocycles. The minimum atomic E-state index is -3.06. The van der Waals surface area contributed by atoms with Crippen molar-refractivity contribution in [3.8, 4) is 0 Å². The van der Waals surface area contributed by atoms with Gasteiger partial charge in [0.25, 0.3) is 0 Å². The molecule has 0 aromatic heterocycles. The van der Waals surface area contributed by atoms with Crippen molar-refractivity contribution >= 4 is 73.7 Å². The molecular formula is C48H69O6Sb3. The van der Waals surface area contributed by atoms with E-state index in [1.807, 2.05) is 0 Å². The third-order valence-corrected chi connectivity index (χ3v) is 25.4. The number of hydrogen-bond donors (Lipinski definition) is 0. The van der Waals surface area contributed by atoms with Crippen LogP contribution in [0.25, 0.3) is 0 Å². The van der Waals surface area contributed by atoms with Gasteiger partial charge in [0.2, 0.25) is 0 Å². The fourth-order valence-corrected chi connectivity index (χ4v) is 24.9. The first-order valence-electron chi connectivity index (χ1n) is 22.8. The zero-order valence-corrected chi connectivity index (χ0v) is 42.0. The van der Waals surface area contributed by atoms with Crippen molar-refractivity contribution in [2.45, 2.75) is 191 Å². The molecule has 0 spiro atoms. The normalized spacial score (nSPS) is 28.9. The molecular weight excluding hydrogens is 1040 g/mol. The zero-order chi connectivity index (χ0) is 38.7. The Morgan fingerprint density at radius 2 is 0.474 bits per heavy atom. The summed E-state index contributed by atoms with van der Waals surface area (Å²) in [7, 11) is 0. The summed E-state index contributed by atoms with van der Waals surface area (Å²) in [5.41, 5.74) is 0. The van der Waals surface area contributed by atoms with Crippen LogP contribution in [0.15, 0.2) is 91.1 Å². The van der Waals surface area contributed by atoms with Gasteiger partial charge in [-0.3, -0.25) is 0 Å². The third kappa shape index (κ3) is 15.6. The van der Waals surface area contributed by atoms with Gasteiger partial charge in [-0.05, 0) is 0 Å². The Labute approximate surface area is 370 Å². The summed E-state index contributed by atoms with van der Waals surface area (Å²) < 4.78 is 47.6. The molecule has 7 rings (SSSR count). The van der Waals surface area contributed by atoms with Gasteiger partial charge in [-0.25, -0.2) is 0 Å². The number of rotatable bonds is 15. The van der Waals surface area contributed by atoms with E-state index in [-0.39, 0.29) is 36.6 Å². The van der Waals surface area contributed by atoms with Gasteiger partial charge in [-0.1, -0.05) is 0 Å². The van der Waals surface area contributed by atoms with Crippen LogP contribution in [0, 0.1) is 0 Å². The molecule has 1 aromatic rings. The zero-order valence-electron chi connectivity index (χ0n) is 34.4. The van der Waals surface area contributed by atoms with Crippen LogP contribution in [0.5, 0.6) is 0 Å². The number of benzene rings is 1. The summed E-state index contributed by atoms with van der Waals surface area (Å²) in [6.45, 7) is 0. The fourth-order valence-electron chi connectivity index (χ4n) is 8.31. The minimum absolute atomic E-state index is 0.0887. The molecule has 0 radical (unpaired) electrons. The van der Waals surface area contributed by atoms with Gasteiger partial charge >= 0.3 is 374 Å².